The van der Waals surface area contributed by atoms with Crippen LogP contribution in [-0.4, -0.2) is 28.6 Å². The molecule has 0 saturated heterocycles. The van der Waals surface area contributed by atoms with Gasteiger partial charge in [0, 0.05) is 6.54 Å². The molecule has 0 spiro atoms. The van der Waals surface area contributed by atoms with Crippen molar-refractivity contribution in [2.45, 2.75) is 25.7 Å². The standard InChI is InChI=1S/C14H16FNO4/c15-9-4-3-5-10(17)11(9)12(18)16-8-14(13(19)20)6-1-2-7-14/h3-5,17H,1-2,6-8H2,(H,16,18)(H,19,20). The molecule has 1 fully saturated rings. The van der Waals surface area contributed by atoms with Crippen LogP contribution in [0.4, 0.5) is 4.39 Å². The summed E-state index contributed by atoms with van der Waals surface area (Å²) in [5.41, 5.74) is -1.43. The van der Waals surface area contributed by atoms with Crippen molar-refractivity contribution in [2.75, 3.05) is 6.54 Å². The van der Waals surface area contributed by atoms with E-state index in [1.165, 1.54) is 12.1 Å². The fourth-order valence-corrected chi connectivity index (χ4v) is 2.59. The number of carboxylic acid groups (broad SMARTS) is 1. The van der Waals surface area contributed by atoms with E-state index in [-0.39, 0.29) is 6.54 Å². The zero-order chi connectivity index (χ0) is 14.8. The van der Waals surface area contributed by atoms with E-state index in [0.29, 0.717) is 12.8 Å². The number of benzene rings is 1. The summed E-state index contributed by atoms with van der Waals surface area (Å²) < 4.78 is 13.5. The minimum absolute atomic E-state index is 0.0606. The largest absolute Gasteiger partial charge is 0.507 e. The Hall–Kier alpha value is -2.11. The molecule has 0 heterocycles. The third kappa shape index (κ3) is 2.59. The summed E-state index contributed by atoms with van der Waals surface area (Å²) in [6, 6.07) is 3.56. The molecule has 0 atom stereocenters. The number of hydrogen-bond donors (Lipinski definition) is 3. The maximum absolute atomic E-state index is 13.5. The van der Waals surface area contributed by atoms with Gasteiger partial charge in [-0.25, -0.2) is 4.39 Å². The number of carbonyl (C=O) groups excluding carboxylic acids is 1. The molecule has 0 unspecified atom stereocenters. The molecule has 2 rings (SSSR count). The summed E-state index contributed by atoms with van der Waals surface area (Å²) in [4.78, 5) is 23.2. The number of amides is 1. The smallest absolute Gasteiger partial charge is 0.311 e. The van der Waals surface area contributed by atoms with Crippen LogP contribution in [-0.2, 0) is 4.79 Å². The van der Waals surface area contributed by atoms with E-state index in [9.17, 15) is 24.2 Å². The monoisotopic (exact) mass is 281 g/mol. The third-order valence-electron chi connectivity index (χ3n) is 3.82. The Morgan fingerprint density at radius 2 is 1.95 bits per heavy atom. The molecule has 108 valence electrons. The molecule has 0 aromatic heterocycles. The molecule has 1 aliphatic carbocycles. The highest BCUT2D eigenvalue weighted by Crippen LogP contribution is 2.37. The van der Waals surface area contributed by atoms with Crippen molar-refractivity contribution < 1.29 is 24.2 Å². The number of carboxylic acids is 1. The van der Waals surface area contributed by atoms with E-state index in [1.54, 1.807) is 0 Å². The number of nitrogens with one attached hydrogen (secondary N) is 1. The number of phenolic OH excluding ortho intramolecular Hbond substituents is 1. The van der Waals surface area contributed by atoms with E-state index in [4.69, 9.17) is 0 Å². The molecule has 20 heavy (non-hydrogen) atoms. The Kier molecular flexibility index (Phi) is 3.92. The van der Waals surface area contributed by atoms with Crippen LogP contribution in [0.5, 0.6) is 5.75 Å². The zero-order valence-corrected chi connectivity index (χ0v) is 10.9. The molecule has 6 heteroatoms. The predicted molar refractivity (Wildman–Crippen MR) is 68.9 cm³/mol. The lowest BCUT2D eigenvalue weighted by atomic mass is 9.86. The SMILES string of the molecule is O=C(NCC1(C(=O)O)CCCC1)c1c(O)cccc1F. The van der Waals surface area contributed by atoms with E-state index in [0.717, 1.165) is 18.9 Å². The highest BCUT2D eigenvalue weighted by atomic mass is 19.1. The summed E-state index contributed by atoms with van der Waals surface area (Å²) in [5, 5.41) is 21.2. The van der Waals surface area contributed by atoms with Crippen molar-refractivity contribution in [2.24, 2.45) is 5.41 Å². The van der Waals surface area contributed by atoms with Gasteiger partial charge in [0.1, 0.15) is 17.1 Å². The molecule has 0 aliphatic heterocycles. The van der Waals surface area contributed by atoms with Crippen LogP contribution < -0.4 is 5.32 Å². The van der Waals surface area contributed by atoms with Gasteiger partial charge in [0.05, 0.1) is 5.41 Å². The second-order valence-electron chi connectivity index (χ2n) is 5.11. The molecule has 3 N–H and O–H groups in total. The number of rotatable bonds is 4. The molecule has 1 aliphatic rings. The lowest BCUT2D eigenvalue weighted by molar-refractivity contribution is -0.148. The number of phenols is 1. The molecular weight excluding hydrogens is 265 g/mol. The van der Waals surface area contributed by atoms with Gasteiger partial charge in [0.25, 0.3) is 5.91 Å². The lowest BCUT2D eigenvalue weighted by Crippen LogP contribution is -2.41. The van der Waals surface area contributed by atoms with Crippen LogP contribution in [0.2, 0.25) is 0 Å². The number of aromatic hydroxyl groups is 1. The van der Waals surface area contributed by atoms with Crippen LogP contribution in [0.3, 0.4) is 0 Å². The molecule has 1 aromatic carbocycles. The average molecular weight is 281 g/mol. The lowest BCUT2D eigenvalue weighted by Gasteiger charge is -2.24. The van der Waals surface area contributed by atoms with E-state index < -0.39 is 34.4 Å². The first-order valence-corrected chi connectivity index (χ1v) is 6.45. The molecular formula is C14H16FNO4. The van der Waals surface area contributed by atoms with E-state index in [1.807, 2.05) is 0 Å². The normalized spacial score (nSPS) is 16.9. The quantitative estimate of drug-likeness (QED) is 0.786. The van der Waals surface area contributed by atoms with Crippen molar-refractivity contribution in [1.82, 2.24) is 5.32 Å². The van der Waals surface area contributed by atoms with Crippen LogP contribution in [0.15, 0.2) is 18.2 Å². The minimum atomic E-state index is -0.976. The number of aliphatic carboxylic acids is 1. The first-order valence-electron chi connectivity index (χ1n) is 6.45. The van der Waals surface area contributed by atoms with Crippen LogP contribution >= 0.6 is 0 Å². The van der Waals surface area contributed by atoms with Crippen LogP contribution in [0, 0.1) is 11.2 Å². The predicted octanol–water partition coefficient (Wildman–Crippen LogP) is 1.91. The number of hydrogen-bond acceptors (Lipinski definition) is 3. The Balaban J connectivity index is 2.11. The van der Waals surface area contributed by atoms with E-state index in [2.05, 4.69) is 5.32 Å². The van der Waals surface area contributed by atoms with Gasteiger partial charge >= 0.3 is 5.97 Å². The maximum Gasteiger partial charge on any atom is 0.311 e. The molecule has 1 saturated carbocycles. The Bertz CT molecular complexity index is 518. The minimum Gasteiger partial charge on any atom is -0.507 e. The Labute approximate surface area is 115 Å². The van der Waals surface area contributed by atoms with Gasteiger partial charge in [-0.15, -0.1) is 0 Å². The van der Waals surface area contributed by atoms with Gasteiger partial charge in [-0.2, -0.15) is 0 Å². The molecule has 5 nitrogen and oxygen atoms in total. The second kappa shape index (κ2) is 5.48. The van der Waals surface area contributed by atoms with Gasteiger partial charge in [-0.1, -0.05) is 18.9 Å². The van der Waals surface area contributed by atoms with Crippen molar-refractivity contribution in [1.29, 1.82) is 0 Å². The third-order valence-corrected chi connectivity index (χ3v) is 3.82. The number of carbonyl (C=O) groups is 2. The van der Waals surface area contributed by atoms with Crippen molar-refractivity contribution in [3.05, 3.63) is 29.6 Å². The first kappa shape index (κ1) is 14.3. The first-order chi connectivity index (χ1) is 9.46. The fourth-order valence-electron chi connectivity index (χ4n) is 2.59. The highest BCUT2D eigenvalue weighted by Gasteiger charge is 2.41. The van der Waals surface area contributed by atoms with Crippen molar-refractivity contribution in [3.63, 3.8) is 0 Å². The van der Waals surface area contributed by atoms with Crippen LogP contribution in [0.25, 0.3) is 0 Å². The fraction of sp³-hybridized carbons (Fsp3) is 0.429. The van der Waals surface area contributed by atoms with Gasteiger partial charge < -0.3 is 15.5 Å². The highest BCUT2D eigenvalue weighted by molar-refractivity contribution is 5.97. The molecule has 0 radical (unpaired) electrons. The number of halogens is 1. The summed E-state index contributed by atoms with van der Waals surface area (Å²) >= 11 is 0. The molecule has 1 amide bonds. The van der Waals surface area contributed by atoms with E-state index >= 15 is 0 Å². The molecule has 1 aromatic rings. The topological polar surface area (TPSA) is 86.6 Å². The summed E-state index contributed by atoms with van der Waals surface area (Å²) in [6.45, 7) is -0.0606. The van der Waals surface area contributed by atoms with Crippen LogP contribution in [0.1, 0.15) is 36.0 Å². The summed E-state index contributed by atoms with van der Waals surface area (Å²) in [7, 11) is 0. The van der Waals surface area contributed by atoms with Gasteiger partial charge in [0.2, 0.25) is 0 Å². The second-order valence-corrected chi connectivity index (χ2v) is 5.11. The van der Waals surface area contributed by atoms with Gasteiger partial charge in [-0.3, -0.25) is 9.59 Å². The molecule has 0 bridgehead atoms. The summed E-state index contributed by atoms with van der Waals surface area (Å²) in [5.74, 6) is -3.04. The maximum atomic E-state index is 13.5. The van der Waals surface area contributed by atoms with Crippen molar-refractivity contribution in [3.8, 4) is 5.75 Å². The van der Waals surface area contributed by atoms with Crippen molar-refractivity contribution >= 4 is 11.9 Å². The Morgan fingerprint density at radius 1 is 1.30 bits per heavy atom. The van der Waals surface area contributed by atoms with Gasteiger partial charge in [0.15, 0.2) is 0 Å². The summed E-state index contributed by atoms with van der Waals surface area (Å²) in [6.07, 6.45) is 2.58. The zero-order valence-electron chi connectivity index (χ0n) is 10.9. The average Bonchev–Trinajstić information content (AvgIpc) is 2.86. The van der Waals surface area contributed by atoms with Gasteiger partial charge in [-0.05, 0) is 25.0 Å². The Morgan fingerprint density at radius 3 is 2.50 bits per heavy atom.